The number of hydrogen-bond donors (Lipinski definition) is 1. The number of methoxy groups -OCH3 is 1. The predicted molar refractivity (Wildman–Crippen MR) is 76.4 cm³/mol. The number of halogens is 2. The van der Waals surface area contributed by atoms with Gasteiger partial charge >= 0.3 is 0 Å². The minimum Gasteiger partial charge on any atom is -0.497 e. The Balaban J connectivity index is 2.15. The third-order valence-corrected chi connectivity index (χ3v) is 3.07. The number of rotatable bonds is 6. The van der Waals surface area contributed by atoms with E-state index in [9.17, 15) is 8.78 Å². The molecule has 0 aromatic heterocycles. The van der Waals surface area contributed by atoms with E-state index in [1.165, 1.54) is 6.07 Å². The van der Waals surface area contributed by atoms with Crippen molar-refractivity contribution >= 4 is 0 Å². The molecule has 0 heterocycles. The molecule has 0 amide bonds. The highest BCUT2D eigenvalue weighted by Crippen LogP contribution is 2.26. The van der Waals surface area contributed by atoms with Crippen LogP contribution in [0.2, 0.25) is 0 Å². The van der Waals surface area contributed by atoms with Crippen molar-refractivity contribution < 1.29 is 18.3 Å². The maximum Gasteiger partial charge on any atom is 0.159 e. The van der Waals surface area contributed by atoms with Crippen molar-refractivity contribution in [1.82, 2.24) is 0 Å². The molecule has 0 unspecified atom stereocenters. The molecule has 0 spiro atoms. The van der Waals surface area contributed by atoms with Crippen LogP contribution in [0.1, 0.15) is 11.1 Å². The van der Waals surface area contributed by atoms with Gasteiger partial charge in [0.15, 0.2) is 11.6 Å². The van der Waals surface area contributed by atoms with E-state index in [0.717, 1.165) is 17.7 Å². The third kappa shape index (κ3) is 3.92. The van der Waals surface area contributed by atoms with Gasteiger partial charge in [0.1, 0.15) is 18.1 Å². The first-order valence-electron chi connectivity index (χ1n) is 6.57. The Bertz CT molecular complexity index is 617. The summed E-state index contributed by atoms with van der Waals surface area (Å²) in [6.07, 6.45) is 0.664. The summed E-state index contributed by atoms with van der Waals surface area (Å²) in [5, 5.41) is 0. The lowest BCUT2D eigenvalue weighted by molar-refractivity contribution is 0.299. The van der Waals surface area contributed by atoms with Gasteiger partial charge in [-0.05, 0) is 42.3 Å². The summed E-state index contributed by atoms with van der Waals surface area (Å²) < 4.78 is 36.9. The zero-order chi connectivity index (χ0) is 15.2. The molecule has 0 saturated heterocycles. The van der Waals surface area contributed by atoms with Gasteiger partial charge < -0.3 is 15.2 Å². The Morgan fingerprint density at radius 3 is 2.52 bits per heavy atom. The summed E-state index contributed by atoms with van der Waals surface area (Å²) in [4.78, 5) is 0. The molecule has 21 heavy (non-hydrogen) atoms. The van der Waals surface area contributed by atoms with Gasteiger partial charge in [-0.1, -0.05) is 12.1 Å². The fraction of sp³-hybridized carbons (Fsp3) is 0.250. The highest BCUT2D eigenvalue weighted by molar-refractivity contribution is 5.41. The summed E-state index contributed by atoms with van der Waals surface area (Å²) in [5.74, 6) is -0.464. The van der Waals surface area contributed by atoms with Crippen LogP contribution in [0.15, 0.2) is 36.4 Å². The van der Waals surface area contributed by atoms with E-state index in [0.29, 0.717) is 30.0 Å². The molecule has 2 aromatic carbocycles. The maximum absolute atomic E-state index is 13.2. The van der Waals surface area contributed by atoms with Gasteiger partial charge in [0.25, 0.3) is 0 Å². The summed E-state index contributed by atoms with van der Waals surface area (Å²) in [5.41, 5.74) is 7.06. The SMILES string of the molecule is COc1ccc(CCN)c(OCc2ccc(F)c(F)c2)c1. The van der Waals surface area contributed by atoms with Gasteiger partial charge in [0, 0.05) is 6.07 Å². The molecular formula is C16H17F2NO2. The first kappa shape index (κ1) is 15.3. The first-order chi connectivity index (χ1) is 10.1. The standard InChI is InChI=1S/C16H17F2NO2/c1-20-13-4-3-12(6-7-19)16(9-13)21-10-11-2-5-14(17)15(18)8-11/h2-5,8-9H,6-7,10,19H2,1H3. The molecule has 0 aliphatic rings. The molecule has 112 valence electrons. The van der Waals surface area contributed by atoms with E-state index >= 15 is 0 Å². The lowest BCUT2D eigenvalue weighted by Gasteiger charge is -2.13. The maximum atomic E-state index is 13.2. The zero-order valence-electron chi connectivity index (χ0n) is 11.7. The lowest BCUT2D eigenvalue weighted by Crippen LogP contribution is -2.06. The lowest BCUT2D eigenvalue weighted by atomic mass is 10.1. The number of hydrogen-bond acceptors (Lipinski definition) is 3. The molecule has 3 nitrogen and oxygen atoms in total. The molecule has 0 aliphatic carbocycles. The molecule has 0 fully saturated rings. The van der Waals surface area contributed by atoms with Gasteiger partial charge in [-0.2, -0.15) is 0 Å². The Kier molecular flexibility index (Phi) is 5.11. The van der Waals surface area contributed by atoms with Gasteiger partial charge in [-0.25, -0.2) is 8.78 Å². The van der Waals surface area contributed by atoms with Crippen molar-refractivity contribution in [3.05, 3.63) is 59.2 Å². The van der Waals surface area contributed by atoms with Crippen LogP contribution in [0.4, 0.5) is 8.78 Å². The van der Waals surface area contributed by atoms with Crippen LogP contribution in [-0.4, -0.2) is 13.7 Å². The van der Waals surface area contributed by atoms with Crippen LogP contribution < -0.4 is 15.2 Å². The molecule has 0 radical (unpaired) electrons. The number of ether oxygens (including phenoxy) is 2. The average molecular weight is 293 g/mol. The van der Waals surface area contributed by atoms with E-state index in [-0.39, 0.29) is 6.61 Å². The summed E-state index contributed by atoms with van der Waals surface area (Å²) in [6.45, 7) is 0.635. The van der Waals surface area contributed by atoms with Crippen LogP contribution in [0.5, 0.6) is 11.5 Å². The van der Waals surface area contributed by atoms with Crippen molar-refractivity contribution in [2.75, 3.05) is 13.7 Å². The second kappa shape index (κ2) is 7.04. The molecule has 2 aromatic rings. The summed E-state index contributed by atoms with van der Waals surface area (Å²) >= 11 is 0. The van der Waals surface area contributed by atoms with Gasteiger partial charge in [-0.15, -0.1) is 0 Å². The van der Waals surface area contributed by atoms with Crippen molar-refractivity contribution in [3.8, 4) is 11.5 Å². The smallest absolute Gasteiger partial charge is 0.159 e. The van der Waals surface area contributed by atoms with Crippen LogP contribution in [0.3, 0.4) is 0 Å². The van der Waals surface area contributed by atoms with E-state index < -0.39 is 11.6 Å². The average Bonchev–Trinajstić information content (AvgIpc) is 2.50. The molecule has 0 aliphatic heterocycles. The Morgan fingerprint density at radius 1 is 1.05 bits per heavy atom. The van der Waals surface area contributed by atoms with Crippen LogP contribution in [0, 0.1) is 11.6 Å². The second-order valence-corrected chi connectivity index (χ2v) is 4.55. The molecule has 2 rings (SSSR count). The zero-order valence-corrected chi connectivity index (χ0v) is 11.7. The van der Waals surface area contributed by atoms with Crippen LogP contribution >= 0.6 is 0 Å². The molecule has 0 atom stereocenters. The summed E-state index contributed by atoms with van der Waals surface area (Å²) in [7, 11) is 1.57. The van der Waals surface area contributed by atoms with E-state index in [2.05, 4.69) is 0 Å². The van der Waals surface area contributed by atoms with Crippen molar-refractivity contribution in [1.29, 1.82) is 0 Å². The Hall–Kier alpha value is -2.14. The summed E-state index contributed by atoms with van der Waals surface area (Å²) in [6, 6.07) is 9.16. The van der Waals surface area contributed by atoms with Crippen molar-refractivity contribution in [2.24, 2.45) is 5.73 Å². The highest BCUT2D eigenvalue weighted by atomic mass is 19.2. The number of benzene rings is 2. The fourth-order valence-electron chi connectivity index (χ4n) is 1.95. The highest BCUT2D eigenvalue weighted by Gasteiger charge is 2.07. The topological polar surface area (TPSA) is 44.5 Å². The molecule has 0 bridgehead atoms. The Morgan fingerprint density at radius 2 is 1.86 bits per heavy atom. The van der Waals surface area contributed by atoms with Crippen molar-refractivity contribution in [2.45, 2.75) is 13.0 Å². The molecule has 2 N–H and O–H groups in total. The Labute approximate surface area is 122 Å². The quantitative estimate of drug-likeness (QED) is 0.890. The third-order valence-electron chi connectivity index (χ3n) is 3.07. The van der Waals surface area contributed by atoms with Crippen molar-refractivity contribution in [3.63, 3.8) is 0 Å². The normalized spacial score (nSPS) is 10.5. The minimum atomic E-state index is -0.885. The van der Waals surface area contributed by atoms with Gasteiger partial charge in [-0.3, -0.25) is 0 Å². The first-order valence-corrected chi connectivity index (χ1v) is 6.57. The van der Waals surface area contributed by atoms with Gasteiger partial charge in [0.2, 0.25) is 0 Å². The van der Waals surface area contributed by atoms with E-state index in [4.69, 9.17) is 15.2 Å². The van der Waals surface area contributed by atoms with Crippen LogP contribution in [0.25, 0.3) is 0 Å². The second-order valence-electron chi connectivity index (χ2n) is 4.55. The minimum absolute atomic E-state index is 0.141. The monoisotopic (exact) mass is 293 g/mol. The number of nitrogens with two attached hydrogens (primary N) is 1. The fourth-order valence-corrected chi connectivity index (χ4v) is 1.95. The van der Waals surface area contributed by atoms with E-state index in [1.807, 2.05) is 12.1 Å². The van der Waals surface area contributed by atoms with Gasteiger partial charge in [0.05, 0.1) is 7.11 Å². The largest absolute Gasteiger partial charge is 0.497 e. The molecular weight excluding hydrogens is 276 g/mol. The van der Waals surface area contributed by atoms with Crippen LogP contribution in [-0.2, 0) is 13.0 Å². The molecule has 5 heteroatoms. The van der Waals surface area contributed by atoms with E-state index in [1.54, 1.807) is 13.2 Å². The predicted octanol–water partition coefficient (Wildman–Crippen LogP) is 3.05. The molecule has 0 saturated carbocycles.